The van der Waals surface area contributed by atoms with Crippen LogP contribution >= 0.6 is 15.2 Å². The van der Waals surface area contributed by atoms with Crippen molar-refractivity contribution in [1.82, 2.24) is 0 Å². The van der Waals surface area contributed by atoms with E-state index in [4.69, 9.17) is 9.05 Å². The molecule has 6 nitrogen and oxygen atoms in total. The van der Waals surface area contributed by atoms with E-state index in [1.165, 1.54) is 35.6 Å². The normalized spacial score (nSPS) is 25.0. The summed E-state index contributed by atoms with van der Waals surface area (Å²) in [5.74, 6) is 0.685. The average Bonchev–Trinajstić information content (AvgIpc) is 3.69. The number of hydrogen-bond acceptors (Lipinski definition) is 4. The van der Waals surface area contributed by atoms with Crippen LogP contribution in [0, 0.1) is 0 Å². The minimum atomic E-state index is -3.94. The molecule has 0 saturated carbocycles. The number of rotatable bonds is 4. The fourth-order valence-electron chi connectivity index (χ4n) is 8.53. The van der Waals surface area contributed by atoms with Crippen molar-refractivity contribution in [2.24, 2.45) is 0 Å². The Kier molecular flexibility index (Phi) is 4.88. The lowest BCUT2D eigenvalue weighted by Crippen LogP contribution is -2.15. The zero-order valence-electron chi connectivity index (χ0n) is 23.1. The number of benzene rings is 5. The maximum Gasteiger partial charge on any atom is 0.373 e. The molecule has 0 saturated heterocycles. The summed E-state index contributed by atoms with van der Waals surface area (Å²) in [4.78, 5) is 21.2. The van der Waals surface area contributed by atoms with E-state index in [0.717, 1.165) is 56.6 Å². The molecule has 210 valence electrons. The largest absolute Gasteiger partial charge is 0.424 e. The van der Waals surface area contributed by atoms with Crippen LogP contribution in [0.1, 0.15) is 81.0 Å². The van der Waals surface area contributed by atoms with E-state index in [-0.39, 0.29) is 23.7 Å². The van der Waals surface area contributed by atoms with Crippen LogP contribution in [-0.4, -0.2) is 23.1 Å². The first-order chi connectivity index (χ1) is 20.1. The molecule has 0 amide bonds. The van der Waals surface area contributed by atoms with Gasteiger partial charge in [-0.25, -0.2) is 9.13 Å². The highest BCUT2D eigenvalue weighted by molar-refractivity contribution is 7.52. The van der Waals surface area contributed by atoms with Crippen LogP contribution in [0.5, 0.6) is 11.5 Å². The zero-order valence-corrected chi connectivity index (χ0v) is 24.9. The molecule has 4 bridgehead atoms. The molecule has 6 unspecified atom stereocenters. The van der Waals surface area contributed by atoms with E-state index >= 15 is 0 Å². The van der Waals surface area contributed by atoms with Gasteiger partial charge in [0.25, 0.3) is 0 Å². The van der Waals surface area contributed by atoms with Gasteiger partial charge in [0.1, 0.15) is 11.5 Å². The number of hydrogen-bond donors (Lipinski definition) is 2. The van der Waals surface area contributed by atoms with Gasteiger partial charge in [0.2, 0.25) is 0 Å². The van der Waals surface area contributed by atoms with E-state index in [2.05, 4.69) is 48.5 Å². The summed E-state index contributed by atoms with van der Waals surface area (Å²) in [7, 11) is -7.89. The third-order valence-corrected chi connectivity index (χ3v) is 10.9. The third-order valence-electron chi connectivity index (χ3n) is 9.82. The van der Waals surface area contributed by atoms with Gasteiger partial charge in [0.05, 0.1) is 0 Å². The molecule has 0 aliphatic heterocycles. The van der Waals surface area contributed by atoms with Gasteiger partial charge >= 0.3 is 15.2 Å². The molecular formula is C34H28O6P2. The summed E-state index contributed by atoms with van der Waals surface area (Å²) in [5.41, 5.74) is 8.11. The van der Waals surface area contributed by atoms with E-state index in [1.54, 1.807) is 0 Å². The molecule has 0 spiro atoms. The Hall–Kier alpha value is -3.40. The molecule has 5 aromatic rings. The molecule has 0 aromatic heterocycles. The molecule has 5 aromatic carbocycles. The van der Waals surface area contributed by atoms with Crippen molar-refractivity contribution in [3.8, 4) is 11.5 Å². The zero-order chi connectivity index (χ0) is 28.7. The van der Waals surface area contributed by atoms with Crippen molar-refractivity contribution < 1.29 is 28.0 Å². The highest BCUT2D eigenvalue weighted by Crippen LogP contribution is 2.71. The Morgan fingerprint density at radius 2 is 0.810 bits per heavy atom. The first-order valence-electron chi connectivity index (χ1n) is 14.3. The maximum atomic E-state index is 13.0. The predicted molar refractivity (Wildman–Crippen MR) is 164 cm³/mol. The Morgan fingerprint density at radius 1 is 0.548 bits per heavy atom. The molecule has 0 fully saturated rings. The van der Waals surface area contributed by atoms with Crippen LogP contribution < -0.4 is 9.05 Å². The molecule has 6 atom stereocenters. The monoisotopic (exact) mass is 594 g/mol. The van der Waals surface area contributed by atoms with Gasteiger partial charge in [-0.05, 0) is 56.6 Å². The van der Waals surface area contributed by atoms with Crippen LogP contribution in [0.4, 0.5) is 0 Å². The minimum absolute atomic E-state index is 0.0658. The van der Waals surface area contributed by atoms with E-state index in [9.17, 15) is 18.9 Å². The van der Waals surface area contributed by atoms with Gasteiger partial charge in [0.15, 0.2) is 0 Å². The first kappa shape index (κ1) is 25.1. The molecule has 2 N–H and O–H groups in total. The smallest absolute Gasteiger partial charge is 0.373 e. The van der Waals surface area contributed by atoms with Gasteiger partial charge in [-0.2, -0.15) is 0 Å². The first-order valence-corrected chi connectivity index (χ1v) is 18.4. The summed E-state index contributed by atoms with van der Waals surface area (Å²) in [6.45, 7) is 2.46. The van der Waals surface area contributed by atoms with Gasteiger partial charge in [-0.3, -0.25) is 0 Å². The Balaban J connectivity index is 1.36. The van der Waals surface area contributed by atoms with E-state index < -0.39 is 15.2 Å². The van der Waals surface area contributed by atoms with Gasteiger partial charge in [-0.15, -0.1) is 0 Å². The van der Waals surface area contributed by atoms with Gasteiger partial charge < -0.3 is 18.8 Å². The summed E-state index contributed by atoms with van der Waals surface area (Å²) in [6.07, 6.45) is 1.53. The molecule has 0 radical (unpaired) electrons. The molecule has 8 heteroatoms. The molecule has 9 rings (SSSR count). The Morgan fingerprint density at radius 3 is 1.05 bits per heavy atom. The molecule has 4 aliphatic carbocycles. The Labute approximate surface area is 243 Å². The second-order valence-electron chi connectivity index (χ2n) is 12.4. The van der Waals surface area contributed by atoms with E-state index in [1.807, 2.05) is 24.3 Å². The highest BCUT2D eigenvalue weighted by Gasteiger charge is 2.54. The fourth-order valence-corrected chi connectivity index (χ4v) is 9.60. The third kappa shape index (κ3) is 3.41. The highest BCUT2D eigenvalue weighted by atomic mass is 31.2. The van der Waals surface area contributed by atoms with Crippen LogP contribution in [0.25, 0.3) is 21.5 Å². The van der Waals surface area contributed by atoms with Crippen LogP contribution in [-0.2, 0) is 9.13 Å². The van der Waals surface area contributed by atoms with Crippen molar-refractivity contribution >= 4 is 36.7 Å². The lowest BCUT2D eigenvalue weighted by Gasteiger charge is -2.32. The Bertz CT molecular complexity index is 1870. The SMILES string of the molecule is CP(=O)(O)Oc1c2c(c(OP(C)(=O)O)c3c1C1CC3c3cc4ccccc4cc31)C1CC2c2cc3ccccc3cc21. The number of fused-ring (bicyclic) bond motifs is 18. The van der Waals surface area contributed by atoms with Crippen LogP contribution in [0.15, 0.2) is 72.8 Å². The fraction of sp³-hybridized carbons (Fsp3) is 0.235. The summed E-state index contributed by atoms with van der Waals surface area (Å²) < 4.78 is 38.2. The molecule has 42 heavy (non-hydrogen) atoms. The molecular weight excluding hydrogens is 566 g/mol. The van der Waals surface area contributed by atoms with Crippen molar-refractivity contribution in [3.63, 3.8) is 0 Å². The molecule has 4 aliphatic rings. The van der Waals surface area contributed by atoms with Gasteiger partial charge in [0, 0.05) is 59.3 Å². The summed E-state index contributed by atoms with van der Waals surface area (Å²) >= 11 is 0. The quantitative estimate of drug-likeness (QED) is 0.203. The molecule has 0 heterocycles. The minimum Gasteiger partial charge on any atom is -0.424 e. The maximum absolute atomic E-state index is 13.0. The van der Waals surface area contributed by atoms with Crippen LogP contribution in [0.2, 0.25) is 0 Å². The predicted octanol–water partition coefficient (Wildman–Crippen LogP) is 8.34. The lowest BCUT2D eigenvalue weighted by atomic mass is 9.77. The van der Waals surface area contributed by atoms with Crippen molar-refractivity contribution in [1.29, 1.82) is 0 Å². The van der Waals surface area contributed by atoms with E-state index in [0.29, 0.717) is 11.5 Å². The second kappa shape index (κ2) is 8.15. The van der Waals surface area contributed by atoms with Crippen molar-refractivity contribution in [3.05, 3.63) is 117 Å². The summed E-state index contributed by atoms with van der Waals surface area (Å²) in [5, 5.41) is 4.56. The van der Waals surface area contributed by atoms with Gasteiger partial charge in [-0.1, -0.05) is 72.8 Å². The van der Waals surface area contributed by atoms with Crippen molar-refractivity contribution in [2.45, 2.75) is 36.5 Å². The lowest BCUT2D eigenvalue weighted by molar-refractivity contribution is 0.376. The summed E-state index contributed by atoms with van der Waals surface area (Å²) in [6, 6.07) is 25.4. The second-order valence-corrected chi connectivity index (χ2v) is 16.0. The standard InChI is InChI=1S/C34H28O6P2/c1-41(35,36)39-33-29-25-15-27(23-13-19-9-5-3-7-17(19)11-21(23)25)31(29)34(40-42(2,37)38)32-28-16-26(30(32)33)22-12-18-8-4-6-10-20(18)14-24(22)28/h3-14,25-28H,15-16H2,1-2H3,(H,35,36)(H,37,38). The van der Waals surface area contributed by atoms with Crippen molar-refractivity contribution in [2.75, 3.05) is 13.3 Å². The average molecular weight is 595 g/mol. The topological polar surface area (TPSA) is 93.1 Å². The van der Waals surface area contributed by atoms with Crippen LogP contribution in [0.3, 0.4) is 0 Å².